The van der Waals surface area contributed by atoms with Crippen molar-refractivity contribution in [2.75, 3.05) is 18.0 Å². The first-order chi connectivity index (χ1) is 7.88. The summed E-state index contributed by atoms with van der Waals surface area (Å²) in [6.45, 7) is 3.37. The van der Waals surface area contributed by atoms with Crippen LogP contribution in [-0.2, 0) is 13.1 Å². The molecule has 0 amide bonds. The summed E-state index contributed by atoms with van der Waals surface area (Å²) in [6, 6.07) is 0. The molecule has 0 saturated carbocycles. The third-order valence-electron chi connectivity index (χ3n) is 3.20. The van der Waals surface area contributed by atoms with E-state index in [9.17, 15) is 0 Å². The number of nitrogens with zero attached hydrogens (tertiary/aromatic N) is 5. The summed E-state index contributed by atoms with van der Waals surface area (Å²) >= 11 is 0. The molecule has 5 heteroatoms. The van der Waals surface area contributed by atoms with Crippen LogP contribution in [0.15, 0.2) is 0 Å². The molecular formula is C11H12N5. The van der Waals surface area contributed by atoms with Crippen molar-refractivity contribution in [1.29, 1.82) is 5.26 Å². The van der Waals surface area contributed by atoms with E-state index in [2.05, 4.69) is 27.4 Å². The van der Waals surface area contributed by atoms with E-state index in [1.807, 2.05) is 0 Å². The zero-order valence-corrected chi connectivity index (χ0v) is 8.98. The summed E-state index contributed by atoms with van der Waals surface area (Å²) in [7, 11) is 0. The number of aromatic nitrogens is 2. The van der Waals surface area contributed by atoms with Crippen molar-refractivity contribution in [3.63, 3.8) is 0 Å². The fourth-order valence-corrected chi connectivity index (χ4v) is 2.38. The minimum atomic E-state index is 0.603. The normalized spacial score (nSPS) is 18.7. The zero-order chi connectivity index (χ0) is 11.0. The van der Waals surface area contributed by atoms with E-state index in [-0.39, 0.29) is 0 Å². The van der Waals surface area contributed by atoms with Gasteiger partial charge < -0.3 is 9.80 Å². The van der Waals surface area contributed by atoms with Crippen molar-refractivity contribution >= 4 is 5.82 Å². The summed E-state index contributed by atoms with van der Waals surface area (Å²) < 4.78 is 0. The predicted octanol–water partition coefficient (Wildman–Crippen LogP) is 0.674. The minimum absolute atomic E-state index is 0.603. The van der Waals surface area contributed by atoms with Gasteiger partial charge in [-0.2, -0.15) is 5.26 Å². The third-order valence-corrected chi connectivity index (χ3v) is 3.20. The molecule has 0 aliphatic carbocycles. The maximum absolute atomic E-state index is 8.90. The first-order valence-electron chi connectivity index (χ1n) is 5.54. The van der Waals surface area contributed by atoms with Gasteiger partial charge >= 0.3 is 0 Å². The van der Waals surface area contributed by atoms with Crippen molar-refractivity contribution < 1.29 is 0 Å². The van der Waals surface area contributed by atoms with Crippen LogP contribution in [-0.4, -0.2) is 28.0 Å². The predicted molar refractivity (Wildman–Crippen MR) is 57.2 cm³/mol. The summed E-state index contributed by atoms with van der Waals surface area (Å²) in [4.78, 5) is 12.4. The van der Waals surface area contributed by atoms with Crippen LogP contribution >= 0.6 is 0 Å². The second-order valence-electron chi connectivity index (χ2n) is 4.22. The molecule has 16 heavy (non-hydrogen) atoms. The number of anilines is 1. The molecule has 2 aliphatic rings. The van der Waals surface area contributed by atoms with Crippen LogP contribution in [0.4, 0.5) is 5.82 Å². The number of rotatable bonds is 1. The van der Waals surface area contributed by atoms with Gasteiger partial charge in [0.15, 0.2) is 12.5 Å². The molecule has 1 saturated heterocycles. The standard InChI is InChI=1S/C11H12N5/c12-7-15-5-9-10(6-15)13-8-14-11(9)16-3-1-2-4-16/h1-6H2. The zero-order valence-electron chi connectivity index (χ0n) is 8.98. The van der Waals surface area contributed by atoms with E-state index in [0.29, 0.717) is 13.1 Å². The van der Waals surface area contributed by atoms with Gasteiger partial charge in [-0.05, 0) is 12.8 Å². The lowest BCUT2D eigenvalue weighted by Gasteiger charge is -2.18. The Labute approximate surface area is 94.3 Å². The fraction of sp³-hybridized carbons (Fsp3) is 0.545. The molecule has 3 rings (SSSR count). The van der Waals surface area contributed by atoms with Gasteiger partial charge in [0.1, 0.15) is 5.82 Å². The highest BCUT2D eigenvalue weighted by molar-refractivity contribution is 5.50. The Morgan fingerprint density at radius 3 is 2.75 bits per heavy atom. The lowest BCUT2D eigenvalue weighted by molar-refractivity contribution is 0.415. The van der Waals surface area contributed by atoms with Gasteiger partial charge in [-0.3, -0.25) is 0 Å². The van der Waals surface area contributed by atoms with Crippen LogP contribution in [0.1, 0.15) is 24.1 Å². The second kappa shape index (κ2) is 3.63. The number of nitriles is 1. The van der Waals surface area contributed by atoms with Crippen LogP contribution in [0.3, 0.4) is 0 Å². The summed E-state index contributed by atoms with van der Waals surface area (Å²) in [5, 5.41) is 8.90. The van der Waals surface area contributed by atoms with Gasteiger partial charge in [-0.15, -0.1) is 0 Å². The van der Waals surface area contributed by atoms with Crippen molar-refractivity contribution in [3.8, 4) is 6.19 Å². The molecule has 1 aromatic rings. The molecule has 5 nitrogen and oxygen atoms in total. The van der Waals surface area contributed by atoms with E-state index in [1.165, 1.54) is 12.8 Å². The number of fused-ring (bicyclic) bond motifs is 1. The maximum Gasteiger partial charge on any atom is 0.200 e. The van der Waals surface area contributed by atoms with Crippen LogP contribution < -0.4 is 4.90 Å². The average Bonchev–Trinajstić information content (AvgIpc) is 2.97. The minimum Gasteiger partial charge on any atom is -0.356 e. The summed E-state index contributed by atoms with van der Waals surface area (Å²) in [5.41, 5.74) is 2.07. The van der Waals surface area contributed by atoms with Gasteiger partial charge in [-0.25, -0.2) is 9.97 Å². The average molecular weight is 214 g/mol. The molecule has 81 valence electrons. The summed E-state index contributed by atoms with van der Waals surface area (Å²) in [5.74, 6) is 0.986. The Morgan fingerprint density at radius 2 is 2.00 bits per heavy atom. The number of hydrogen-bond acceptors (Lipinski definition) is 5. The Bertz CT molecular complexity index is 444. The van der Waals surface area contributed by atoms with Gasteiger partial charge in [0.2, 0.25) is 0 Å². The molecule has 1 aromatic heterocycles. The fourth-order valence-electron chi connectivity index (χ4n) is 2.38. The molecule has 0 unspecified atom stereocenters. The van der Waals surface area contributed by atoms with Crippen LogP contribution in [0.2, 0.25) is 0 Å². The van der Waals surface area contributed by atoms with Crippen LogP contribution in [0, 0.1) is 17.8 Å². The Morgan fingerprint density at radius 1 is 1.19 bits per heavy atom. The SMILES string of the molecule is N#CN1Cc2n[c]nc(N3CCCC3)c2C1. The molecule has 0 atom stereocenters. The first kappa shape index (κ1) is 9.40. The Kier molecular flexibility index (Phi) is 2.13. The van der Waals surface area contributed by atoms with Gasteiger partial charge in [-0.1, -0.05) is 0 Å². The topological polar surface area (TPSA) is 56.1 Å². The first-order valence-corrected chi connectivity index (χ1v) is 5.54. The van der Waals surface area contributed by atoms with E-state index < -0.39 is 0 Å². The highest BCUT2D eigenvalue weighted by atomic mass is 15.2. The lowest BCUT2D eigenvalue weighted by Crippen LogP contribution is -2.21. The van der Waals surface area contributed by atoms with Gasteiger partial charge in [0.25, 0.3) is 0 Å². The van der Waals surface area contributed by atoms with Crippen molar-refractivity contribution in [2.45, 2.75) is 25.9 Å². The van der Waals surface area contributed by atoms with E-state index in [4.69, 9.17) is 5.26 Å². The maximum atomic E-state index is 8.90. The quantitative estimate of drug-likeness (QED) is 0.643. The Hall–Kier alpha value is -1.83. The van der Waals surface area contributed by atoms with Crippen molar-refractivity contribution in [3.05, 3.63) is 17.6 Å². The highest BCUT2D eigenvalue weighted by Gasteiger charge is 2.26. The molecule has 0 N–H and O–H groups in total. The van der Waals surface area contributed by atoms with Crippen molar-refractivity contribution in [2.24, 2.45) is 0 Å². The molecular weight excluding hydrogens is 202 g/mol. The molecule has 1 radical (unpaired) electrons. The summed E-state index contributed by atoms with van der Waals surface area (Å²) in [6.07, 6.45) is 7.31. The lowest BCUT2D eigenvalue weighted by atomic mass is 10.2. The molecule has 0 bridgehead atoms. The van der Waals surface area contributed by atoms with Crippen LogP contribution in [0.25, 0.3) is 0 Å². The van der Waals surface area contributed by atoms with E-state index in [0.717, 1.165) is 30.2 Å². The molecule has 3 heterocycles. The van der Waals surface area contributed by atoms with Gasteiger partial charge in [0.05, 0.1) is 18.8 Å². The third kappa shape index (κ3) is 1.38. The van der Waals surface area contributed by atoms with Gasteiger partial charge in [0, 0.05) is 18.7 Å². The van der Waals surface area contributed by atoms with Crippen LogP contribution in [0.5, 0.6) is 0 Å². The monoisotopic (exact) mass is 214 g/mol. The molecule has 0 spiro atoms. The molecule has 1 fully saturated rings. The largest absolute Gasteiger partial charge is 0.356 e. The van der Waals surface area contributed by atoms with E-state index in [1.54, 1.807) is 4.90 Å². The Balaban J connectivity index is 1.96. The molecule has 0 aromatic carbocycles. The highest BCUT2D eigenvalue weighted by Crippen LogP contribution is 2.29. The smallest absolute Gasteiger partial charge is 0.200 e. The number of hydrogen-bond donors (Lipinski definition) is 0. The molecule has 2 aliphatic heterocycles. The van der Waals surface area contributed by atoms with Crippen molar-refractivity contribution in [1.82, 2.24) is 14.9 Å². The second-order valence-corrected chi connectivity index (χ2v) is 4.22. The van der Waals surface area contributed by atoms with E-state index >= 15 is 0 Å².